The average Bonchev–Trinajstić information content (AvgIpc) is 2.60. The summed E-state index contributed by atoms with van der Waals surface area (Å²) in [6.45, 7) is 2.54. The van der Waals surface area contributed by atoms with Crippen LogP contribution >= 0.6 is 11.6 Å². The van der Waals surface area contributed by atoms with Crippen molar-refractivity contribution in [3.63, 3.8) is 0 Å². The lowest BCUT2D eigenvalue weighted by Gasteiger charge is -2.10. The molecular weight excluding hydrogens is 206 g/mol. The number of anilines is 1. The van der Waals surface area contributed by atoms with Crippen molar-refractivity contribution in [2.24, 2.45) is 0 Å². The number of rotatable bonds is 2. The van der Waals surface area contributed by atoms with Gasteiger partial charge in [0.1, 0.15) is 5.02 Å². The van der Waals surface area contributed by atoms with E-state index in [1.165, 1.54) is 0 Å². The first-order valence-corrected chi connectivity index (χ1v) is 4.62. The fraction of sp³-hybridized carbons (Fsp3) is 0.333. The molecule has 0 spiro atoms. The monoisotopic (exact) mass is 215 g/mol. The molecule has 0 unspecified atom stereocenters. The van der Waals surface area contributed by atoms with Crippen LogP contribution in [-0.4, -0.2) is 13.4 Å². The molecule has 0 aliphatic carbocycles. The summed E-state index contributed by atoms with van der Waals surface area (Å²) in [5.74, 6) is 1.57. The molecule has 0 bridgehead atoms. The first kappa shape index (κ1) is 9.27. The first-order valence-electron chi connectivity index (χ1n) is 4.24. The number of halogens is 1. The van der Waals surface area contributed by atoms with E-state index in [4.69, 9.17) is 31.5 Å². The molecule has 1 heterocycles. The Hall–Kier alpha value is -1.29. The van der Waals surface area contributed by atoms with Crippen molar-refractivity contribution in [2.75, 3.05) is 19.1 Å². The molecule has 1 aliphatic heterocycles. The van der Waals surface area contributed by atoms with Gasteiger partial charge in [-0.1, -0.05) is 11.6 Å². The Labute approximate surface area is 86.5 Å². The SMILES string of the molecule is CCOc1c(Cl)c(N)cc2c1OCO2. The van der Waals surface area contributed by atoms with Crippen LogP contribution in [0.5, 0.6) is 17.2 Å². The molecule has 76 valence electrons. The van der Waals surface area contributed by atoms with Gasteiger partial charge in [-0.05, 0) is 6.92 Å². The summed E-state index contributed by atoms with van der Waals surface area (Å²) in [7, 11) is 0. The molecule has 14 heavy (non-hydrogen) atoms. The van der Waals surface area contributed by atoms with Crippen LogP contribution in [0.4, 0.5) is 5.69 Å². The van der Waals surface area contributed by atoms with Gasteiger partial charge in [0.2, 0.25) is 12.5 Å². The molecule has 0 atom stereocenters. The van der Waals surface area contributed by atoms with Crippen molar-refractivity contribution in [1.82, 2.24) is 0 Å². The zero-order valence-electron chi connectivity index (χ0n) is 7.67. The Kier molecular flexibility index (Phi) is 2.29. The summed E-state index contributed by atoms with van der Waals surface area (Å²) in [4.78, 5) is 0. The van der Waals surface area contributed by atoms with Crippen molar-refractivity contribution in [1.29, 1.82) is 0 Å². The molecule has 0 fully saturated rings. The molecule has 2 rings (SSSR count). The van der Waals surface area contributed by atoms with Crippen LogP contribution in [0.2, 0.25) is 5.02 Å². The Morgan fingerprint density at radius 2 is 2.36 bits per heavy atom. The molecule has 0 saturated carbocycles. The topological polar surface area (TPSA) is 53.7 Å². The van der Waals surface area contributed by atoms with E-state index in [-0.39, 0.29) is 6.79 Å². The number of hydrogen-bond acceptors (Lipinski definition) is 4. The van der Waals surface area contributed by atoms with E-state index in [9.17, 15) is 0 Å². The summed E-state index contributed by atoms with van der Waals surface area (Å²) < 4.78 is 15.8. The summed E-state index contributed by atoms with van der Waals surface area (Å²) in [6.07, 6.45) is 0. The molecule has 0 radical (unpaired) electrons. The average molecular weight is 216 g/mol. The summed E-state index contributed by atoms with van der Waals surface area (Å²) in [5, 5.41) is 0.371. The molecular formula is C9H10ClNO3. The van der Waals surface area contributed by atoms with E-state index in [0.29, 0.717) is 34.6 Å². The lowest BCUT2D eigenvalue weighted by molar-refractivity contribution is 0.170. The lowest BCUT2D eigenvalue weighted by atomic mass is 10.2. The van der Waals surface area contributed by atoms with Crippen molar-refractivity contribution in [2.45, 2.75) is 6.92 Å². The molecule has 1 aromatic carbocycles. The third-order valence-corrected chi connectivity index (χ3v) is 2.27. The largest absolute Gasteiger partial charge is 0.488 e. The summed E-state index contributed by atoms with van der Waals surface area (Å²) in [5.41, 5.74) is 6.11. The Balaban J connectivity index is 2.54. The maximum Gasteiger partial charge on any atom is 0.231 e. The number of benzene rings is 1. The van der Waals surface area contributed by atoms with Gasteiger partial charge in [0.15, 0.2) is 11.5 Å². The summed E-state index contributed by atoms with van der Waals surface area (Å²) in [6, 6.07) is 1.63. The van der Waals surface area contributed by atoms with E-state index in [0.717, 1.165) is 0 Å². The van der Waals surface area contributed by atoms with Gasteiger partial charge >= 0.3 is 0 Å². The smallest absolute Gasteiger partial charge is 0.231 e. The van der Waals surface area contributed by atoms with Gasteiger partial charge in [0, 0.05) is 6.07 Å². The maximum absolute atomic E-state index is 5.97. The zero-order chi connectivity index (χ0) is 10.1. The van der Waals surface area contributed by atoms with Crippen LogP contribution in [0.3, 0.4) is 0 Å². The van der Waals surface area contributed by atoms with Gasteiger partial charge < -0.3 is 19.9 Å². The highest BCUT2D eigenvalue weighted by atomic mass is 35.5. The van der Waals surface area contributed by atoms with E-state index in [1.54, 1.807) is 6.07 Å². The third kappa shape index (κ3) is 1.32. The number of hydrogen-bond donors (Lipinski definition) is 1. The Morgan fingerprint density at radius 3 is 3.07 bits per heavy atom. The quantitative estimate of drug-likeness (QED) is 0.768. The predicted molar refractivity (Wildman–Crippen MR) is 53.2 cm³/mol. The fourth-order valence-corrected chi connectivity index (χ4v) is 1.48. The van der Waals surface area contributed by atoms with Crippen LogP contribution in [0.1, 0.15) is 6.92 Å². The second kappa shape index (κ2) is 3.46. The predicted octanol–water partition coefficient (Wildman–Crippen LogP) is 2.05. The highest BCUT2D eigenvalue weighted by molar-refractivity contribution is 6.35. The van der Waals surface area contributed by atoms with Crippen LogP contribution in [0.25, 0.3) is 0 Å². The van der Waals surface area contributed by atoms with Gasteiger partial charge in [0.25, 0.3) is 0 Å². The molecule has 5 heteroatoms. The van der Waals surface area contributed by atoms with Crippen LogP contribution in [0.15, 0.2) is 6.07 Å². The highest BCUT2D eigenvalue weighted by Crippen LogP contribution is 2.48. The molecule has 2 N–H and O–H groups in total. The molecule has 1 aromatic rings. The molecule has 4 nitrogen and oxygen atoms in total. The normalized spacial score (nSPS) is 13.0. The van der Waals surface area contributed by atoms with Crippen LogP contribution < -0.4 is 19.9 Å². The highest BCUT2D eigenvalue weighted by Gasteiger charge is 2.23. The fourth-order valence-electron chi connectivity index (χ4n) is 1.28. The number of fused-ring (bicyclic) bond motifs is 1. The second-order valence-corrected chi connectivity index (χ2v) is 3.15. The van der Waals surface area contributed by atoms with Crippen molar-refractivity contribution in [3.05, 3.63) is 11.1 Å². The Bertz CT molecular complexity index is 368. The van der Waals surface area contributed by atoms with Gasteiger partial charge in [0.05, 0.1) is 12.3 Å². The van der Waals surface area contributed by atoms with E-state index < -0.39 is 0 Å². The van der Waals surface area contributed by atoms with Gasteiger partial charge in [-0.3, -0.25) is 0 Å². The van der Waals surface area contributed by atoms with Crippen molar-refractivity contribution < 1.29 is 14.2 Å². The number of nitrogen functional groups attached to an aromatic ring is 1. The Morgan fingerprint density at radius 1 is 1.57 bits per heavy atom. The first-order chi connectivity index (χ1) is 6.74. The van der Waals surface area contributed by atoms with E-state index >= 15 is 0 Å². The van der Waals surface area contributed by atoms with Crippen LogP contribution in [0, 0.1) is 0 Å². The molecule has 0 aromatic heterocycles. The van der Waals surface area contributed by atoms with Gasteiger partial charge in [-0.25, -0.2) is 0 Å². The van der Waals surface area contributed by atoms with E-state index in [2.05, 4.69) is 0 Å². The minimum absolute atomic E-state index is 0.176. The number of nitrogens with two attached hydrogens (primary N) is 1. The van der Waals surface area contributed by atoms with Gasteiger partial charge in [-0.15, -0.1) is 0 Å². The molecule has 0 saturated heterocycles. The summed E-state index contributed by atoms with van der Waals surface area (Å²) >= 11 is 5.97. The van der Waals surface area contributed by atoms with Crippen molar-refractivity contribution >= 4 is 17.3 Å². The minimum Gasteiger partial charge on any atom is -0.488 e. The van der Waals surface area contributed by atoms with Gasteiger partial charge in [-0.2, -0.15) is 0 Å². The lowest BCUT2D eigenvalue weighted by Crippen LogP contribution is -1.97. The maximum atomic E-state index is 5.97. The third-order valence-electron chi connectivity index (χ3n) is 1.88. The molecule has 0 amide bonds. The van der Waals surface area contributed by atoms with Crippen molar-refractivity contribution in [3.8, 4) is 17.2 Å². The second-order valence-electron chi connectivity index (χ2n) is 2.78. The minimum atomic E-state index is 0.176. The number of ether oxygens (including phenoxy) is 3. The van der Waals surface area contributed by atoms with E-state index in [1.807, 2.05) is 6.92 Å². The zero-order valence-corrected chi connectivity index (χ0v) is 8.43. The molecule has 1 aliphatic rings. The standard InChI is InChI=1S/C9H10ClNO3/c1-2-12-9-7(10)5(11)3-6-8(9)14-4-13-6/h3H,2,4,11H2,1H3. The van der Waals surface area contributed by atoms with Crippen LogP contribution in [-0.2, 0) is 0 Å².